The van der Waals surface area contributed by atoms with E-state index in [9.17, 15) is 4.79 Å². The van der Waals surface area contributed by atoms with Crippen LogP contribution in [0.1, 0.15) is 36.8 Å². The molecule has 1 aromatic carbocycles. The standard InChI is InChI=1S/C17H21NO2/c1-20-16-4-2-3-13-12(16)9-15-14-6-5-11(19)10-17(13,14)7-8-18-15/h2-4,14-15,18H,5-10H2,1H3. The van der Waals surface area contributed by atoms with Crippen LogP contribution in [0, 0.1) is 5.92 Å². The molecule has 0 amide bonds. The van der Waals surface area contributed by atoms with Gasteiger partial charge in [0.25, 0.3) is 0 Å². The number of carbonyl (C=O) groups excluding carboxylic acids is 1. The van der Waals surface area contributed by atoms with Crippen molar-refractivity contribution in [3.05, 3.63) is 29.3 Å². The Bertz CT molecular complexity index is 568. The van der Waals surface area contributed by atoms with Crippen LogP contribution in [-0.2, 0) is 16.6 Å². The number of Topliss-reactive ketones (excluding diaryl/α,β-unsaturated/α-hetero) is 1. The lowest BCUT2D eigenvalue weighted by atomic mass is 9.52. The van der Waals surface area contributed by atoms with E-state index in [0.717, 1.165) is 44.4 Å². The quantitative estimate of drug-likeness (QED) is 0.851. The average molecular weight is 271 g/mol. The maximum Gasteiger partial charge on any atom is 0.133 e. The third kappa shape index (κ3) is 1.53. The van der Waals surface area contributed by atoms with Gasteiger partial charge in [-0.2, -0.15) is 0 Å². The molecule has 3 aliphatic rings. The summed E-state index contributed by atoms with van der Waals surface area (Å²) in [6, 6.07) is 6.90. The maximum absolute atomic E-state index is 12.1. The molecule has 3 atom stereocenters. The molecule has 3 nitrogen and oxygen atoms in total. The fraction of sp³-hybridized carbons (Fsp3) is 0.588. The number of hydrogen-bond donors (Lipinski definition) is 1. The van der Waals surface area contributed by atoms with E-state index in [1.54, 1.807) is 7.11 Å². The van der Waals surface area contributed by atoms with Gasteiger partial charge in [0.05, 0.1) is 7.11 Å². The van der Waals surface area contributed by atoms with Crippen LogP contribution in [0.3, 0.4) is 0 Å². The van der Waals surface area contributed by atoms with Crippen LogP contribution in [0.2, 0.25) is 0 Å². The van der Waals surface area contributed by atoms with E-state index in [1.807, 2.05) is 0 Å². The highest BCUT2D eigenvalue weighted by Gasteiger charge is 2.53. The number of fused-ring (bicyclic) bond motifs is 1. The summed E-state index contributed by atoms with van der Waals surface area (Å²) in [4.78, 5) is 12.1. The number of rotatable bonds is 1. The molecule has 20 heavy (non-hydrogen) atoms. The molecule has 106 valence electrons. The van der Waals surface area contributed by atoms with E-state index in [2.05, 4.69) is 23.5 Å². The molecule has 2 aliphatic carbocycles. The van der Waals surface area contributed by atoms with Crippen LogP contribution in [-0.4, -0.2) is 25.5 Å². The molecular formula is C17H21NO2. The first kappa shape index (κ1) is 12.4. The van der Waals surface area contributed by atoms with Crippen LogP contribution in [0.4, 0.5) is 0 Å². The zero-order valence-electron chi connectivity index (χ0n) is 11.9. The normalized spacial score (nSPS) is 35.1. The van der Waals surface area contributed by atoms with Gasteiger partial charge in [0.15, 0.2) is 0 Å². The summed E-state index contributed by atoms with van der Waals surface area (Å²) >= 11 is 0. The summed E-state index contributed by atoms with van der Waals surface area (Å²) in [5.41, 5.74) is 2.80. The first-order valence-electron chi connectivity index (χ1n) is 7.66. The fourth-order valence-electron chi connectivity index (χ4n) is 4.94. The molecule has 1 aliphatic heterocycles. The van der Waals surface area contributed by atoms with Gasteiger partial charge in [-0.05, 0) is 48.9 Å². The number of ketones is 1. The minimum Gasteiger partial charge on any atom is -0.496 e. The highest BCUT2D eigenvalue weighted by atomic mass is 16.5. The van der Waals surface area contributed by atoms with Crippen molar-refractivity contribution in [2.24, 2.45) is 5.92 Å². The summed E-state index contributed by atoms with van der Waals surface area (Å²) < 4.78 is 5.57. The van der Waals surface area contributed by atoms with Crippen LogP contribution >= 0.6 is 0 Å². The van der Waals surface area contributed by atoms with Crippen LogP contribution < -0.4 is 10.1 Å². The molecule has 4 rings (SSSR count). The topological polar surface area (TPSA) is 38.3 Å². The summed E-state index contributed by atoms with van der Waals surface area (Å²) in [6.07, 6.45) is 4.67. The number of carbonyl (C=O) groups is 1. The van der Waals surface area contributed by atoms with Gasteiger partial charge in [-0.3, -0.25) is 4.79 Å². The van der Waals surface area contributed by atoms with Crippen molar-refractivity contribution >= 4 is 5.78 Å². The molecule has 1 N–H and O–H groups in total. The molecular weight excluding hydrogens is 250 g/mol. The highest BCUT2D eigenvalue weighted by Crippen LogP contribution is 2.54. The van der Waals surface area contributed by atoms with E-state index in [4.69, 9.17) is 4.74 Å². The molecule has 1 saturated heterocycles. The Balaban J connectivity index is 1.92. The molecule has 3 unspecified atom stereocenters. The summed E-state index contributed by atoms with van der Waals surface area (Å²) in [5.74, 6) is 2.05. The summed E-state index contributed by atoms with van der Waals surface area (Å²) in [7, 11) is 1.74. The molecule has 1 heterocycles. The smallest absolute Gasteiger partial charge is 0.133 e. The first-order valence-corrected chi connectivity index (χ1v) is 7.66. The van der Waals surface area contributed by atoms with Crippen LogP contribution in [0.25, 0.3) is 0 Å². The van der Waals surface area contributed by atoms with E-state index < -0.39 is 0 Å². The second-order valence-corrected chi connectivity index (χ2v) is 6.52. The molecule has 0 aromatic heterocycles. The largest absolute Gasteiger partial charge is 0.496 e. The maximum atomic E-state index is 12.1. The zero-order chi connectivity index (χ0) is 13.7. The molecule has 0 radical (unpaired) electrons. The third-order valence-corrected chi connectivity index (χ3v) is 5.73. The van der Waals surface area contributed by atoms with E-state index in [0.29, 0.717) is 17.7 Å². The van der Waals surface area contributed by atoms with Crippen molar-refractivity contribution in [3.8, 4) is 5.75 Å². The molecule has 1 saturated carbocycles. The van der Waals surface area contributed by atoms with Crippen LogP contribution in [0.15, 0.2) is 18.2 Å². The van der Waals surface area contributed by atoms with Gasteiger partial charge in [-0.25, -0.2) is 0 Å². The van der Waals surface area contributed by atoms with Crippen molar-refractivity contribution in [2.75, 3.05) is 13.7 Å². The number of benzene rings is 1. The minimum atomic E-state index is 0.0768. The highest BCUT2D eigenvalue weighted by molar-refractivity contribution is 5.81. The van der Waals surface area contributed by atoms with Crippen LogP contribution in [0.5, 0.6) is 5.75 Å². The number of ether oxygens (including phenoxy) is 1. The third-order valence-electron chi connectivity index (χ3n) is 5.73. The predicted octanol–water partition coefficient (Wildman–Crippen LogP) is 2.22. The first-order chi connectivity index (χ1) is 9.74. The van der Waals surface area contributed by atoms with E-state index in [-0.39, 0.29) is 5.41 Å². The second-order valence-electron chi connectivity index (χ2n) is 6.52. The fourth-order valence-corrected chi connectivity index (χ4v) is 4.94. The van der Waals surface area contributed by atoms with Gasteiger partial charge in [0, 0.05) is 24.3 Å². The molecule has 0 spiro atoms. The van der Waals surface area contributed by atoms with Crippen molar-refractivity contribution in [2.45, 2.75) is 43.6 Å². The van der Waals surface area contributed by atoms with Gasteiger partial charge >= 0.3 is 0 Å². The minimum absolute atomic E-state index is 0.0768. The predicted molar refractivity (Wildman–Crippen MR) is 77.1 cm³/mol. The lowest BCUT2D eigenvalue weighted by Crippen LogP contribution is -2.60. The van der Waals surface area contributed by atoms with E-state index in [1.165, 1.54) is 11.1 Å². The number of hydrogen-bond acceptors (Lipinski definition) is 3. The molecule has 2 fully saturated rings. The summed E-state index contributed by atoms with van der Waals surface area (Å²) in [6.45, 7) is 1.03. The zero-order valence-corrected chi connectivity index (χ0v) is 11.9. The van der Waals surface area contributed by atoms with Crippen molar-refractivity contribution < 1.29 is 9.53 Å². The average Bonchev–Trinajstić information content (AvgIpc) is 2.46. The lowest BCUT2D eigenvalue weighted by molar-refractivity contribution is -0.125. The Morgan fingerprint density at radius 2 is 2.30 bits per heavy atom. The number of piperidine rings is 1. The van der Waals surface area contributed by atoms with E-state index >= 15 is 0 Å². The van der Waals surface area contributed by atoms with Crippen molar-refractivity contribution in [1.29, 1.82) is 0 Å². The van der Waals surface area contributed by atoms with Gasteiger partial charge in [-0.15, -0.1) is 0 Å². The SMILES string of the molecule is COc1cccc2c1CC1NCCC23CC(=O)CCC13. The Morgan fingerprint density at radius 1 is 1.40 bits per heavy atom. The van der Waals surface area contributed by atoms with Crippen molar-refractivity contribution in [1.82, 2.24) is 5.32 Å². The Morgan fingerprint density at radius 3 is 3.15 bits per heavy atom. The van der Waals surface area contributed by atoms with Crippen molar-refractivity contribution in [3.63, 3.8) is 0 Å². The number of methoxy groups -OCH3 is 1. The van der Waals surface area contributed by atoms with Gasteiger partial charge in [0.2, 0.25) is 0 Å². The Kier molecular flexibility index (Phi) is 2.68. The molecule has 2 bridgehead atoms. The van der Waals surface area contributed by atoms with Gasteiger partial charge in [0.1, 0.15) is 11.5 Å². The lowest BCUT2D eigenvalue weighted by Gasteiger charge is -2.55. The second kappa shape index (κ2) is 4.32. The molecule has 3 heteroatoms. The Hall–Kier alpha value is -1.35. The summed E-state index contributed by atoms with van der Waals surface area (Å²) in [5, 5.41) is 3.68. The number of nitrogens with one attached hydrogen (secondary N) is 1. The Labute approximate surface area is 119 Å². The molecule has 1 aromatic rings. The van der Waals surface area contributed by atoms with Gasteiger partial charge in [-0.1, -0.05) is 12.1 Å². The monoisotopic (exact) mass is 271 g/mol. The van der Waals surface area contributed by atoms with Gasteiger partial charge < -0.3 is 10.1 Å².